The van der Waals surface area contributed by atoms with Gasteiger partial charge in [0.1, 0.15) is 6.10 Å². The highest BCUT2D eigenvalue weighted by Gasteiger charge is 2.43. The number of carbonyl (C=O) groups is 2. The Morgan fingerprint density at radius 1 is 1.19 bits per heavy atom. The van der Waals surface area contributed by atoms with Crippen molar-refractivity contribution in [2.45, 2.75) is 57.5 Å². The van der Waals surface area contributed by atoms with Crippen molar-refractivity contribution in [3.63, 3.8) is 0 Å². The van der Waals surface area contributed by atoms with E-state index in [1.54, 1.807) is 6.26 Å². The number of carboxylic acids is 1. The minimum atomic E-state index is -5.08. The number of halogens is 3. The molecule has 1 aromatic heterocycles. The lowest BCUT2D eigenvalue weighted by Crippen LogP contribution is -2.44. The van der Waals surface area contributed by atoms with Crippen molar-refractivity contribution in [3.05, 3.63) is 24.2 Å². The highest BCUT2D eigenvalue weighted by Crippen LogP contribution is 2.35. The van der Waals surface area contributed by atoms with E-state index in [9.17, 15) is 18.0 Å². The first-order chi connectivity index (χ1) is 14.6. The van der Waals surface area contributed by atoms with Crippen molar-refractivity contribution in [2.75, 3.05) is 26.2 Å². The number of carboxylic acid groups (broad SMARTS) is 1. The first kappa shape index (κ1) is 23.6. The molecule has 0 radical (unpaired) electrons. The van der Waals surface area contributed by atoms with Crippen molar-refractivity contribution in [2.24, 2.45) is 11.8 Å². The Balaban J connectivity index is 0.000000339. The van der Waals surface area contributed by atoms with Crippen molar-refractivity contribution < 1.29 is 37.0 Å². The van der Waals surface area contributed by atoms with E-state index in [0.29, 0.717) is 5.92 Å². The minimum absolute atomic E-state index is 0.206. The fourth-order valence-electron chi connectivity index (χ4n) is 4.37. The SMILES string of the molecule is CC1CCN(C(=O)[C@@H]2C[C@@H]3CCN(Cc4ccoc4)C[C@H]3O2)CC1.O=C(O)C(F)(F)F. The third-order valence-corrected chi connectivity index (χ3v) is 6.24. The fraction of sp³-hybridized carbons (Fsp3) is 0.714. The lowest BCUT2D eigenvalue weighted by atomic mass is 9.91. The maximum atomic E-state index is 12.8. The van der Waals surface area contributed by atoms with Crippen molar-refractivity contribution in [1.29, 1.82) is 0 Å². The Morgan fingerprint density at radius 3 is 2.45 bits per heavy atom. The molecule has 0 saturated carbocycles. The average Bonchev–Trinajstić information content (AvgIpc) is 3.37. The van der Waals surface area contributed by atoms with Crippen LogP contribution in [0.3, 0.4) is 0 Å². The van der Waals surface area contributed by atoms with Gasteiger partial charge in [-0.2, -0.15) is 13.2 Å². The molecular weight excluding hydrogens is 417 g/mol. The van der Waals surface area contributed by atoms with E-state index in [1.165, 1.54) is 5.56 Å². The monoisotopic (exact) mass is 446 g/mol. The van der Waals surface area contributed by atoms with Gasteiger partial charge < -0.3 is 19.2 Å². The van der Waals surface area contributed by atoms with Crippen molar-refractivity contribution >= 4 is 11.9 Å². The molecule has 0 unspecified atom stereocenters. The van der Waals surface area contributed by atoms with Gasteiger partial charge in [0.2, 0.25) is 0 Å². The van der Waals surface area contributed by atoms with E-state index in [0.717, 1.165) is 64.3 Å². The summed E-state index contributed by atoms with van der Waals surface area (Å²) in [5.74, 6) is -1.23. The van der Waals surface area contributed by atoms with Gasteiger partial charge in [-0.3, -0.25) is 9.69 Å². The summed E-state index contributed by atoms with van der Waals surface area (Å²) in [5, 5.41) is 7.12. The summed E-state index contributed by atoms with van der Waals surface area (Å²) in [6.07, 6.45) is 2.75. The van der Waals surface area contributed by atoms with E-state index in [1.807, 2.05) is 17.2 Å². The average molecular weight is 446 g/mol. The molecule has 4 heterocycles. The first-order valence-electron chi connectivity index (χ1n) is 10.6. The largest absolute Gasteiger partial charge is 0.490 e. The van der Waals surface area contributed by atoms with Crippen LogP contribution in [-0.2, 0) is 20.9 Å². The second-order valence-electron chi connectivity index (χ2n) is 8.63. The van der Waals surface area contributed by atoms with Gasteiger partial charge in [0, 0.05) is 31.7 Å². The zero-order valence-corrected chi connectivity index (χ0v) is 17.5. The number of furan rings is 1. The topological polar surface area (TPSA) is 83.2 Å². The van der Waals surface area contributed by atoms with Gasteiger partial charge in [0.25, 0.3) is 5.91 Å². The van der Waals surface area contributed by atoms with Crippen LogP contribution in [0.2, 0.25) is 0 Å². The number of nitrogens with zero attached hydrogens (tertiary/aromatic N) is 2. The van der Waals surface area contributed by atoms with E-state index < -0.39 is 12.1 Å². The molecule has 7 nitrogen and oxygen atoms in total. The Morgan fingerprint density at radius 2 is 1.87 bits per heavy atom. The molecule has 4 rings (SSSR count). The number of ether oxygens (including phenoxy) is 1. The zero-order valence-electron chi connectivity index (χ0n) is 17.5. The Bertz CT molecular complexity index is 732. The first-order valence-corrected chi connectivity index (χ1v) is 10.6. The molecule has 0 bridgehead atoms. The molecule has 3 aliphatic rings. The van der Waals surface area contributed by atoms with Crippen molar-refractivity contribution in [1.82, 2.24) is 9.80 Å². The van der Waals surface area contributed by atoms with Crippen LogP contribution in [-0.4, -0.2) is 71.3 Å². The fourth-order valence-corrected chi connectivity index (χ4v) is 4.37. The summed E-state index contributed by atoms with van der Waals surface area (Å²) in [7, 11) is 0. The molecule has 3 aliphatic heterocycles. The summed E-state index contributed by atoms with van der Waals surface area (Å²) in [6.45, 7) is 7.00. The van der Waals surface area contributed by atoms with Crippen LogP contribution in [0.15, 0.2) is 23.0 Å². The number of rotatable bonds is 3. The van der Waals surface area contributed by atoms with E-state index in [2.05, 4.69) is 11.8 Å². The molecular formula is C21H29F3N2O5. The standard InChI is InChI=1S/C19H28N2O3.C2HF3O2/c1-14-2-7-21(8-3-14)19(22)17-10-16-4-6-20(12-18(16)24-17)11-15-5-9-23-13-15;3-2(4,5)1(6)7/h5,9,13-14,16-18H,2-4,6-8,10-12H2,1H3;(H,6,7)/t16-,17-,18+;/m0./s1. The minimum Gasteiger partial charge on any atom is -0.475 e. The van der Waals surface area contributed by atoms with Crippen LogP contribution in [0, 0.1) is 11.8 Å². The van der Waals surface area contributed by atoms with E-state index >= 15 is 0 Å². The van der Waals surface area contributed by atoms with Gasteiger partial charge in [0.05, 0.1) is 18.6 Å². The number of carbonyl (C=O) groups excluding carboxylic acids is 1. The number of hydrogen-bond donors (Lipinski definition) is 1. The van der Waals surface area contributed by atoms with Gasteiger partial charge in [0.15, 0.2) is 0 Å². The second kappa shape index (κ2) is 10.0. The summed E-state index contributed by atoms with van der Waals surface area (Å²) < 4.78 is 43.1. The molecule has 0 aromatic carbocycles. The van der Waals surface area contributed by atoms with Gasteiger partial charge in [-0.15, -0.1) is 0 Å². The van der Waals surface area contributed by atoms with Crippen LogP contribution in [0.5, 0.6) is 0 Å². The van der Waals surface area contributed by atoms with Crippen LogP contribution >= 0.6 is 0 Å². The summed E-state index contributed by atoms with van der Waals surface area (Å²) in [4.78, 5) is 26.1. The predicted molar refractivity (Wildman–Crippen MR) is 104 cm³/mol. The van der Waals surface area contributed by atoms with Crippen LogP contribution in [0.25, 0.3) is 0 Å². The van der Waals surface area contributed by atoms with Crippen LogP contribution in [0.4, 0.5) is 13.2 Å². The lowest BCUT2D eigenvalue weighted by molar-refractivity contribution is -0.192. The molecule has 31 heavy (non-hydrogen) atoms. The third-order valence-electron chi connectivity index (χ3n) is 6.24. The highest BCUT2D eigenvalue weighted by molar-refractivity contribution is 5.81. The molecule has 0 spiro atoms. The number of likely N-dealkylation sites (tertiary alicyclic amines) is 2. The third kappa shape index (κ3) is 6.46. The van der Waals surface area contributed by atoms with Crippen molar-refractivity contribution in [3.8, 4) is 0 Å². The van der Waals surface area contributed by atoms with Crippen LogP contribution in [0.1, 0.15) is 38.2 Å². The maximum Gasteiger partial charge on any atom is 0.490 e. The highest BCUT2D eigenvalue weighted by atomic mass is 19.4. The number of piperidine rings is 2. The number of amides is 1. The quantitative estimate of drug-likeness (QED) is 0.768. The molecule has 3 saturated heterocycles. The number of aliphatic carboxylic acids is 1. The van der Waals surface area contributed by atoms with Gasteiger partial charge in [-0.25, -0.2) is 4.79 Å². The zero-order chi connectivity index (χ0) is 22.6. The Kier molecular flexibility index (Phi) is 7.64. The molecule has 10 heteroatoms. The summed E-state index contributed by atoms with van der Waals surface area (Å²) in [5.41, 5.74) is 1.21. The molecule has 1 N–H and O–H groups in total. The smallest absolute Gasteiger partial charge is 0.475 e. The number of alkyl halides is 3. The molecule has 3 atom stereocenters. The van der Waals surface area contributed by atoms with Crippen LogP contribution < -0.4 is 0 Å². The lowest BCUT2D eigenvalue weighted by Gasteiger charge is -2.34. The Hall–Kier alpha value is -2.07. The maximum absolute atomic E-state index is 12.8. The van der Waals surface area contributed by atoms with Gasteiger partial charge in [-0.1, -0.05) is 6.92 Å². The number of fused-ring (bicyclic) bond motifs is 1. The summed E-state index contributed by atoms with van der Waals surface area (Å²) >= 11 is 0. The second-order valence-corrected chi connectivity index (χ2v) is 8.63. The van der Waals surface area contributed by atoms with Gasteiger partial charge >= 0.3 is 12.1 Å². The Labute approximate surface area is 179 Å². The van der Waals surface area contributed by atoms with E-state index in [4.69, 9.17) is 19.1 Å². The molecule has 3 fully saturated rings. The number of hydrogen-bond acceptors (Lipinski definition) is 5. The predicted octanol–water partition coefficient (Wildman–Crippen LogP) is 3.15. The molecule has 0 aliphatic carbocycles. The normalized spacial score (nSPS) is 27.4. The van der Waals surface area contributed by atoms with E-state index in [-0.39, 0.29) is 18.1 Å². The molecule has 1 aromatic rings. The van der Waals surface area contributed by atoms with Gasteiger partial charge in [-0.05, 0) is 50.1 Å². The molecule has 174 valence electrons. The summed E-state index contributed by atoms with van der Waals surface area (Å²) in [6, 6.07) is 2.02. The molecule has 1 amide bonds.